The summed E-state index contributed by atoms with van der Waals surface area (Å²) < 4.78 is 44.7. The van der Waals surface area contributed by atoms with Crippen molar-refractivity contribution in [2.24, 2.45) is 0 Å². The lowest BCUT2D eigenvalue weighted by Crippen LogP contribution is -2.30. The van der Waals surface area contributed by atoms with Gasteiger partial charge in [-0.1, -0.05) is 79.5 Å². The minimum Gasteiger partial charge on any atom is -0.274 e. The third-order valence-electron chi connectivity index (χ3n) is 6.89. The molecule has 0 saturated carbocycles. The quantitative estimate of drug-likeness (QED) is 0.207. The van der Waals surface area contributed by atoms with Crippen molar-refractivity contribution in [2.75, 3.05) is 0 Å². The molecule has 220 valence electrons. The molecule has 11 heteroatoms. The summed E-state index contributed by atoms with van der Waals surface area (Å²) >= 11 is 6.35. The summed E-state index contributed by atoms with van der Waals surface area (Å²) in [7, 11) is -4.26. The molecule has 1 amide bonds. The average molecular weight is 619 g/mol. The van der Waals surface area contributed by atoms with Crippen LogP contribution in [0, 0.1) is 5.82 Å². The van der Waals surface area contributed by atoms with E-state index in [9.17, 15) is 22.4 Å². The van der Waals surface area contributed by atoms with Crippen LogP contribution in [0.4, 0.5) is 4.39 Å². The molecule has 0 atom stereocenters. The number of unbranched alkanes of at least 4 members (excludes halogenated alkanes) is 1. The molecule has 43 heavy (non-hydrogen) atoms. The van der Waals surface area contributed by atoms with Crippen LogP contribution in [0.5, 0.6) is 0 Å². The Kier molecular flexibility index (Phi) is 8.89. The van der Waals surface area contributed by atoms with Gasteiger partial charge in [0.1, 0.15) is 11.6 Å². The summed E-state index contributed by atoms with van der Waals surface area (Å²) in [6, 6.07) is 25.1. The van der Waals surface area contributed by atoms with Crippen LogP contribution in [0.3, 0.4) is 0 Å². The van der Waals surface area contributed by atoms with E-state index in [0.717, 1.165) is 30.5 Å². The summed E-state index contributed by atoms with van der Waals surface area (Å²) in [5.41, 5.74) is 2.01. The van der Waals surface area contributed by atoms with E-state index in [-0.39, 0.29) is 22.7 Å². The maximum atomic E-state index is 13.4. The number of halogens is 2. The van der Waals surface area contributed by atoms with Crippen molar-refractivity contribution in [3.05, 3.63) is 135 Å². The van der Waals surface area contributed by atoms with Gasteiger partial charge in [0, 0.05) is 17.5 Å². The number of nitrogens with zero attached hydrogens (tertiary/aromatic N) is 3. The summed E-state index contributed by atoms with van der Waals surface area (Å²) in [5.74, 6) is -0.763. The first-order valence-electron chi connectivity index (χ1n) is 13.6. The highest BCUT2D eigenvalue weighted by molar-refractivity contribution is 7.90. The molecule has 0 aliphatic carbocycles. The fraction of sp³-hybridized carbons (Fsp3) is 0.156. The minimum atomic E-state index is -4.26. The highest BCUT2D eigenvalue weighted by Crippen LogP contribution is 2.28. The van der Waals surface area contributed by atoms with Crippen LogP contribution in [-0.2, 0) is 23.0 Å². The average Bonchev–Trinajstić information content (AvgIpc) is 3.31. The van der Waals surface area contributed by atoms with Crippen LogP contribution in [0.1, 0.15) is 41.5 Å². The lowest BCUT2D eigenvalue weighted by molar-refractivity contribution is 0.0981. The van der Waals surface area contributed by atoms with Crippen LogP contribution in [0.15, 0.2) is 107 Å². The molecule has 1 N–H and O–H groups in total. The maximum Gasteiger partial charge on any atom is 0.351 e. The lowest BCUT2D eigenvalue weighted by Gasteiger charge is -2.13. The number of benzene rings is 4. The SMILES string of the molecule is CCCCc1nn(-c2ccccc2Cl)c(=O)n1Cc1ccc(-c2ccccc2S(=O)(=O)NC(=O)c2ccc(F)cc2)cc1. The summed E-state index contributed by atoms with van der Waals surface area (Å²) in [6.45, 7) is 2.33. The number of carbonyl (C=O) groups excluding carboxylic acids is 1. The standard InChI is InChI=1S/C32H28ClFN4O4S/c1-2-3-12-30-35-38(28-10-6-5-9-27(28)33)32(40)37(30)21-22-13-15-23(16-14-22)26-8-4-7-11-29(26)43(41,42)36-31(39)24-17-19-25(34)20-18-24/h4-11,13-20H,2-3,12,21H2,1H3,(H,36,39). The van der Waals surface area contributed by atoms with Gasteiger partial charge in [0.2, 0.25) is 0 Å². The number of carbonyl (C=O) groups is 1. The van der Waals surface area contributed by atoms with Crippen LogP contribution in [0.25, 0.3) is 16.8 Å². The van der Waals surface area contributed by atoms with E-state index in [4.69, 9.17) is 11.6 Å². The van der Waals surface area contributed by atoms with Crippen LogP contribution in [0.2, 0.25) is 5.02 Å². The molecule has 5 aromatic rings. The van der Waals surface area contributed by atoms with Crippen molar-refractivity contribution < 1.29 is 17.6 Å². The Bertz CT molecular complexity index is 1940. The second-order valence-electron chi connectivity index (χ2n) is 9.89. The van der Waals surface area contributed by atoms with Gasteiger partial charge in [-0.2, -0.15) is 4.68 Å². The van der Waals surface area contributed by atoms with Gasteiger partial charge in [-0.05, 0) is 60.0 Å². The Morgan fingerprint density at radius 3 is 2.30 bits per heavy atom. The Balaban J connectivity index is 1.42. The molecule has 0 bridgehead atoms. The molecule has 5 rings (SSSR count). The number of sulfonamides is 1. The second kappa shape index (κ2) is 12.8. The van der Waals surface area contributed by atoms with Gasteiger partial charge < -0.3 is 0 Å². The molecular weight excluding hydrogens is 591 g/mol. The van der Waals surface area contributed by atoms with Gasteiger partial charge in [-0.15, -0.1) is 5.10 Å². The molecule has 8 nitrogen and oxygen atoms in total. The number of rotatable bonds is 10. The Morgan fingerprint density at radius 2 is 1.60 bits per heavy atom. The highest BCUT2D eigenvalue weighted by Gasteiger charge is 2.23. The fourth-order valence-corrected chi connectivity index (χ4v) is 6.07. The van der Waals surface area contributed by atoms with Crippen molar-refractivity contribution >= 4 is 27.5 Å². The zero-order chi connectivity index (χ0) is 30.6. The molecule has 4 aromatic carbocycles. The molecule has 0 unspecified atom stereocenters. The highest BCUT2D eigenvalue weighted by atomic mass is 35.5. The van der Waals surface area contributed by atoms with Crippen molar-refractivity contribution in [1.82, 2.24) is 19.1 Å². The van der Waals surface area contributed by atoms with Crippen LogP contribution in [-0.4, -0.2) is 28.7 Å². The monoisotopic (exact) mass is 618 g/mol. The van der Waals surface area contributed by atoms with Gasteiger partial charge in [0.05, 0.1) is 22.2 Å². The molecule has 0 spiro atoms. The molecule has 1 aromatic heterocycles. The Labute approximate surface area is 253 Å². The van der Waals surface area contributed by atoms with Crippen molar-refractivity contribution in [1.29, 1.82) is 0 Å². The van der Waals surface area contributed by atoms with Gasteiger partial charge in [0.25, 0.3) is 15.9 Å². The molecular formula is C32H28ClFN4O4S. The minimum absolute atomic E-state index is 0.0122. The largest absolute Gasteiger partial charge is 0.351 e. The first-order valence-corrected chi connectivity index (χ1v) is 15.5. The molecule has 0 radical (unpaired) electrons. The number of amides is 1. The molecule has 0 saturated heterocycles. The summed E-state index contributed by atoms with van der Waals surface area (Å²) in [4.78, 5) is 25.9. The van der Waals surface area contributed by atoms with Crippen molar-refractivity contribution in [3.63, 3.8) is 0 Å². The van der Waals surface area contributed by atoms with Crippen LogP contribution < -0.4 is 10.4 Å². The first-order chi connectivity index (χ1) is 20.7. The number of aromatic nitrogens is 3. The molecule has 0 fully saturated rings. The topological polar surface area (TPSA) is 103 Å². The number of aryl methyl sites for hydroxylation is 1. The zero-order valence-electron chi connectivity index (χ0n) is 23.2. The van der Waals surface area contributed by atoms with E-state index >= 15 is 0 Å². The van der Waals surface area contributed by atoms with E-state index in [0.29, 0.717) is 34.1 Å². The Hall–Kier alpha value is -4.54. The van der Waals surface area contributed by atoms with E-state index < -0.39 is 21.7 Å². The van der Waals surface area contributed by atoms with E-state index in [2.05, 4.69) is 16.7 Å². The normalized spacial score (nSPS) is 11.4. The lowest BCUT2D eigenvalue weighted by atomic mass is 10.0. The van der Waals surface area contributed by atoms with Gasteiger partial charge in [-0.3, -0.25) is 9.36 Å². The number of hydrogen-bond acceptors (Lipinski definition) is 5. The number of para-hydroxylation sites is 1. The predicted octanol–water partition coefficient (Wildman–Crippen LogP) is 6.00. The Morgan fingerprint density at radius 1 is 0.930 bits per heavy atom. The summed E-state index contributed by atoms with van der Waals surface area (Å²) in [5, 5.41) is 5.01. The summed E-state index contributed by atoms with van der Waals surface area (Å²) in [6.07, 6.45) is 2.42. The van der Waals surface area contributed by atoms with Gasteiger partial charge in [0.15, 0.2) is 0 Å². The smallest absolute Gasteiger partial charge is 0.274 e. The van der Waals surface area contributed by atoms with Crippen molar-refractivity contribution in [2.45, 2.75) is 37.6 Å². The second-order valence-corrected chi connectivity index (χ2v) is 11.9. The predicted molar refractivity (Wildman–Crippen MR) is 163 cm³/mol. The third-order valence-corrected chi connectivity index (χ3v) is 8.60. The molecule has 0 aliphatic heterocycles. The van der Waals surface area contributed by atoms with E-state index in [1.54, 1.807) is 59.2 Å². The zero-order valence-corrected chi connectivity index (χ0v) is 24.8. The van der Waals surface area contributed by atoms with Gasteiger partial charge >= 0.3 is 5.69 Å². The van der Waals surface area contributed by atoms with Crippen molar-refractivity contribution in [3.8, 4) is 16.8 Å². The third kappa shape index (κ3) is 6.60. The van der Waals surface area contributed by atoms with E-state index in [1.165, 1.54) is 22.9 Å². The maximum absolute atomic E-state index is 13.4. The van der Waals surface area contributed by atoms with Crippen LogP contribution >= 0.6 is 11.6 Å². The number of nitrogens with one attached hydrogen (secondary N) is 1. The number of hydrogen-bond donors (Lipinski definition) is 1. The fourth-order valence-electron chi connectivity index (χ4n) is 4.65. The first kappa shape index (κ1) is 29.9. The molecule has 1 heterocycles. The van der Waals surface area contributed by atoms with E-state index in [1.807, 2.05) is 12.1 Å². The van der Waals surface area contributed by atoms with Gasteiger partial charge in [-0.25, -0.2) is 22.3 Å². The molecule has 0 aliphatic rings.